The van der Waals surface area contributed by atoms with Gasteiger partial charge in [-0.2, -0.15) is 0 Å². The van der Waals surface area contributed by atoms with Crippen LogP contribution >= 0.6 is 27.5 Å². The minimum absolute atomic E-state index is 0.0816. The number of hydrogen-bond acceptors (Lipinski definition) is 2. The molecule has 2 nitrogen and oxygen atoms in total. The second-order valence-corrected chi connectivity index (χ2v) is 3.54. The average Bonchev–Trinajstić information content (AvgIpc) is 2.10. The fourth-order valence-corrected chi connectivity index (χ4v) is 1.51. The summed E-state index contributed by atoms with van der Waals surface area (Å²) in [7, 11) is 0. The molecule has 0 unspecified atom stereocenters. The molecule has 0 heterocycles. The molecular weight excluding hydrogens is 260 g/mol. The van der Waals surface area contributed by atoms with Gasteiger partial charge in [0.25, 0.3) is 0 Å². The molecule has 0 spiro atoms. The Balaban J connectivity index is 3.28. The topological polar surface area (TPSA) is 43.1 Å². The lowest BCUT2D eigenvalue weighted by molar-refractivity contribution is 0.101. The maximum Gasteiger partial charge on any atom is 0.180 e. The summed E-state index contributed by atoms with van der Waals surface area (Å²) in [4.78, 5) is 11.1. The Morgan fingerprint density at radius 1 is 1.62 bits per heavy atom. The molecule has 0 amide bonds. The van der Waals surface area contributed by atoms with Crippen molar-refractivity contribution < 1.29 is 9.18 Å². The van der Waals surface area contributed by atoms with Crippen molar-refractivity contribution in [2.45, 2.75) is 0 Å². The van der Waals surface area contributed by atoms with Crippen molar-refractivity contribution in [2.24, 2.45) is 0 Å². The summed E-state index contributed by atoms with van der Waals surface area (Å²) in [6.45, 7) is 0. The zero-order chi connectivity index (χ0) is 10.0. The van der Waals surface area contributed by atoms with Crippen LogP contribution in [0.3, 0.4) is 0 Å². The van der Waals surface area contributed by atoms with Gasteiger partial charge < -0.3 is 5.73 Å². The van der Waals surface area contributed by atoms with E-state index in [4.69, 9.17) is 17.3 Å². The van der Waals surface area contributed by atoms with Crippen LogP contribution in [-0.4, -0.2) is 11.7 Å². The summed E-state index contributed by atoms with van der Waals surface area (Å²) in [5, 5.41) is 0. The van der Waals surface area contributed by atoms with Gasteiger partial charge in [0.05, 0.1) is 15.9 Å². The van der Waals surface area contributed by atoms with Crippen molar-refractivity contribution in [3.63, 3.8) is 0 Å². The number of nitrogen functional groups attached to an aromatic ring is 1. The molecule has 2 N–H and O–H groups in total. The lowest BCUT2D eigenvalue weighted by atomic mass is 10.1. The van der Waals surface area contributed by atoms with E-state index in [9.17, 15) is 9.18 Å². The van der Waals surface area contributed by atoms with Crippen molar-refractivity contribution in [3.05, 3.63) is 28.0 Å². The first-order valence-corrected chi connectivity index (χ1v) is 4.72. The third-order valence-corrected chi connectivity index (χ3v) is 2.29. The van der Waals surface area contributed by atoms with Gasteiger partial charge >= 0.3 is 0 Å². The van der Waals surface area contributed by atoms with E-state index in [0.717, 1.165) is 0 Å². The highest BCUT2D eigenvalue weighted by Gasteiger charge is 2.13. The number of benzene rings is 1. The Morgan fingerprint density at radius 3 is 2.77 bits per heavy atom. The maximum absolute atomic E-state index is 13.2. The fraction of sp³-hybridized carbons (Fsp3) is 0.125. The molecule has 1 aromatic rings. The molecule has 70 valence electrons. The Morgan fingerprint density at radius 2 is 2.23 bits per heavy atom. The van der Waals surface area contributed by atoms with E-state index >= 15 is 0 Å². The molecule has 0 radical (unpaired) electrons. The van der Waals surface area contributed by atoms with E-state index in [1.807, 2.05) is 0 Å². The third kappa shape index (κ3) is 2.19. The van der Waals surface area contributed by atoms with Crippen molar-refractivity contribution >= 4 is 39.0 Å². The molecule has 0 aliphatic heterocycles. The van der Waals surface area contributed by atoms with E-state index in [2.05, 4.69) is 15.9 Å². The van der Waals surface area contributed by atoms with Gasteiger partial charge in [0.2, 0.25) is 0 Å². The maximum atomic E-state index is 13.2. The monoisotopic (exact) mass is 265 g/mol. The number of Topliss-reactive ketones (excluding diaryl/α,β-unsaturated/α-hetero) is 1. The Bertz CT molecular complexity index is 356. The minimum atomic E-state index is -0.625. The van der Waals surface area contributed by atoms with Crippen LogP contribution in [0.15, 0.2) is 16.6 Å². The van der Waals surface area contributed by atoms with Gasteiger partial charge in [-0.25, -0.2) is 4.39 Å². The molecule has 0 bridgehead atoms. The van der Waals surface area contributed by atoms with E-state index in [1.165, 1.54) is 12.1 Å². The molecule has 0 saturated carbocycles. The molecule has 0 aromatic heterocycles. The Labute approximate surface area is 88.0 Å². The summed E-state index contributed by atoms with van der Waals surface area (Å²) in [5.41, 5.74) is 5.67. The fourth-order valence-electron chi connectivity index (χ4n) is 0.885. The molecular formula is C8H6BrClFNO. The van der Waals surface area contributed by atoms with E-state index < -0.39 is 11.6 Å². The van der Waals surface area contributed by atoms with Crippen LogP contribution in [0.4, 0.5) is 10.1 Å². The number of ketones is 1. The lowest BCUT2D eigenvalue weighted by Crippen LogP contribution is -2.05. The molecule has 13 heavy (non-hydrogen) atoms. The number of rotatable bonds is 2. The molecule has 0 saturated heterocycles. The SMILES string of the molecule is Nc1cc(Br)c(F)c(C(=O)CCl)c1. The molecule has 0 aliphatic carbocycles. The zero-order valence-corrected chi connectivity index (χ0v) is 8.82. The number of carbonyl (C=O) groups is 1. The van der Waals surface area contributed by atoms with Crippen LogP contribution in [-0.2, 0) is 0 Å². The number of anilines is 1. The van der Waals surface area contributed by atoms with Gasteiger partial charge in [-0.05, 0) is 28.1 Å². The lowest BCUT2D eigenvalue weighted by Gasteiger charge is -2.03. The van der Waals surface area contributed by atoms with Crippen molar-refractivity contribution in [2.75, 3.05) is 11.6 Å². The number of hydrogen-bond donors (Lipinski definition) is 1. The van der Waals surface area contributed by atoms with Crippen molar-refractivity contribution in [1.29, 1.82) is 0 Å². The first-order chi connectivity index (χ1) is 6.06. The quantitative estimate of drug-likeness (QED) is 0.508. The van der Waals surface area contributed by atoms with Gasteiger partial charge in [0, 0.05) is 5.69 Å². The zero-order valence-electron chi connectivity index (χ0n) is 6.48. The Hall–Kier alpha value is -0.610. The predicted molar refractivity (Wildman–Crippen MR) is 53.6 cm³/mol. The first kappa shape index (κ1) is 10.5. The van der Waals surface area contributed by atoms with Crippen LogP contribution in [0.2, 0.25) is 0 Å². The van der Waals surface area contributed by atoms with Crippen molar-refractivity contribution in [1.82, 2.24) is 0 Å². The van der Waals surface area contributed by atoms with Crippen LogP contribution in [0.1, 0.15) is 10.4 Å². The average molecular weight is 266 g/mol. The van der Waals surface area contributed by atoms with E-state index in [1.54, 1.807) is 0 Å². The summed E-state index contributed by atoms with van der Waals surface area (Å²) in [6, 6.07) is 2.66. The number of halogens is 3. The van der Waals surface area contributed by atoms with Crippen LogP contribution in [0, 0.1) is 5.82 Å². The molecule has 1 rings (SSSR count). The largest absolute Gasteiger partial charge is 0.399 e. The highest BCUT2D eigenvalue weighted by atomic mass is 79.9. The molecule has 0 fully saturated rings. The van der Waals surface area contributed by atoms with Crippen molar-refractivity contribution in [3.8, 4) is 0 Å². The van der Waals surface area contributed by atoms with Gasteiger partial charge in [-0.1, -0.05) is 0 Å². The van der Waals surface area contributed by atoms with Gasteiger partial charge in [0.1, 0.15) is 5.82 Å². The van der Waals surface area contributed by atoms with Crippen LogP contribution in [0.25, 0.3) is 0 Å². The van der Waals surface area contributed by atoms with Crippen LogP contribution < -0.4 is 5.73 Å². The van der Waals surface area contributed by atoms with Crippen LogP contribution in [0.5, 0.6) is 0 Å². The van der Waals surface area contributed by atoms with Gasteiger partial charge in [-0.15, -0.1) is 11.6 Å². The second kappa shape index (κ2) is 4.07. The molecule has 1 aromatic carbocycles. The molecule has 0 atom stereocenters. The molecule has 0 aliphatic rings. The number of alkyl halides is 1. The Kier molecular flexibility index (Phi) is 3.27. The first-order valence-electron chi connectivity index (χ1n) is 3.40. The third-order valence-electron chi connectivity index (χ3n) is 1.47. The molecule has 5 heteroatoms. The predicted octanol–water partition coefficient (Wildman–Crippen LogP) is 2.59. The minimum Gasteiger partial charge on any atom is -0.399 e. The highest BCUT2D eigenvalue weighted by Crippen LogP contribution is 2.23. The summed E-state index contributed by atoms with van der Waals surface area (Å²) < 4.78 is 13.4. The number of nitrogens with two attached hydrogens (primary N) is 1. The number of carbonyl (C=O) groups excluding carboxylic acids is 1. The second-order valence-electron chi connectivity index (χ2n) is 2.42. The van der Waals surface area contributed by atoms with E-state index in [0.29, 0.717) is 5.69 Å². The smallest absolute Gasteiger partial charge is 0.180 e. The normalized spacial score (nSPS) is 10.1. The summed E-state index contributed by atoms with van der Waals surface area (Å²) in [6.07, 6.45) is 0. The van der Waals surface area contributed by atoms with Gasteiger partial charge in [0.15, 0.2) is 5.78 Å². The standard InChI is InChI=1S/C8H6BrClFNO/c9-6-2-4(12)1-5(8(6)11)7(13)3-10/h1-2H,3,12H2. The summed E-state index contributed by atoms with van der Waals surface area (Å²) >= 11 is 8.23. The van der Waals surface area contributed by atoms with Gasteiger partial charge in [-0.3, -0.25) is 4.79 Å². The highest BCUT2D eigenvalue weighted by molar-refractivity contribution is 9.10. The van der Waals surface area contributed by atoms with E-state index in [-0.39, 0.29) is 15.9 Å². The summed E-state index contributed by atoms with van der Waals surface area (Å²) in [5.74, 6) is -1.36.